The molecule has 0 bridgehead atoms. The van der Waals surface area contributed by atoms with Crippen LogP contribution in [-0.2, 0) is 4.74 Å². The quantitative estimate of drug-likeness (QED) is 0.704. The molecule has 2 fully saturated rings. The summed E-state index contributed by atoms with van der Waals surface area (Å²) in [4.78, 5) is 12.7. The van der Waals surface area contributed by atoms with E-state index in [4.69, 9.17) is 16.3 Å². The molecule has 0 N–H and O–H groups in total. The normalized spacial score (nSPS) is 26.8. The zero-order valence-corrected chi connectivity index (χ0v) is 17.4. The van der Waals surface area contributed by atoms with Crippen molar-refractivity contribution in [2.24, 2.45) is 0 Å². The number of piperazine rings is 1. The number of ether oxygens (including phenoxy) is 1. The molecule has 0 aliphatic carbocycles. The molecule has 3 heterocycles. The van der Waals surface area contributed by atoms with Crippen LogP contribution in [0.5, 0.6) is 0 Å². The Balaban J connectivity index is 1.47. The van der Waals surface area contributed by atoms with Gasteiger partial charge in [0.05, 0.1) is 6.54 Å². The van der Waals surface area contributed by atoms with Crippen LogP contribution in [0.1, 0.15) is 11.9 Å². The molecule has 29 heavy (non-hydrogen) atoms. The third-order valence-electron chi connectivity index (χ3n) is 5.41. The molecule has 156 valence electrons. The number of aromatic nitrogens is 2. The Morgan fingerprint density at radius 2 is 1.72 bits per heavy atom. The van der Waals surface area contributed by atoms with E-state index >= 15 is 4.39 Å². The Hall–Kier alpha value is -1.84. The summed E-state index contributed by atoms with van der Waals surface area (Å²) in [5.74, 6) is 0.372. The summed E-state index contributed by atoms with van der Waals surface area (Å²) in [5.41, 5.74) is 1.13. The second kappa shape index (κ2) is 8.89. The van der Waals surface area contributed by atoms with Crippen molar-refractivity contribution in [3.05, 3.63) is 53.6 Å². The van der Waals surface area contributed by atoms with E-state index in [0.717, 1.165) is 36.9 Å². The molecule has 0 saturated carbocycles. The van der Waals surface area contributed by atoms with Gasteiger partial charge in [-0.2, -0.15) is 0 Å². The minimum Gasteiger partial charge on any atom is -0.369 e. The Morgan fingerprint density at radius 3 is 2.34 bits per heavy atom. The minimum absolute atomic E-state index is 0.245. The van der Waals surface area contributed by atoms with E-state index in [-0.39, 0.29) is 6.23 Å². The maximum atomic E-state index is 15.5. The van der Waals surface area contributed by atoms with Crippen LogP contribution < -0.4 is 4.90 Å². The number of morpholine rings is 1. The molecule has 9 heteroatoms. The Morgan fingerprint density at radius 1 is 1.07 bits per heavy atom. The second-order valence-electron chi connectivity index (χ2n) is 7.49. The molecule has 2 saturated heterocycles. The first kappa shape index (κ1) is 20.4. The highest BCUT2D eigenvalue weighted by atomic mass is 35.5. The number of anilines is 1. The van der Waals surface area contributed by atoms with Gasteiger partial charge in [0.1, 0.15) is 6.23 Å². The van der Waals surface area contributed by atoms with Gasteiger partial charge in [-0.05, 0) is 44.4 Å². The topological polar surface area (TPSA) is 48.0 Å². The van der Waals surface area contributed by atoms with Crippen LogP contribution in [0, 0.1) is 0 Å². The second-order valence-corrected chi connectivity index (χ2v) is 7.93. The Kier molecular flexibility index (Phi) is 6.26. The summed E-state index contributed by atoms with van der Waals surface area (Å²) in [5, 5.41) is 4.60. The molecule has 0 radical (unpaired) electrons. The third kappa shape index (κ3) is 4.51. The predicted octanol–water partition coefficient (Wildman–Crippen LogP) is 2.42. The Bertz CT molecular complexity index is 787. The van der Waals surface area contributed by atoms with Gasteiger partial charge in [-0.15, -0.1) is 0 Å². The number of halogens is 2. The van der Waals surface area contributed by atoms with Crippen molar-refractivity contribution in [1.29, 1.82) is 0 Å². The molecule has 2 aliphatic heterocycles. The number of hydrazine groups is 1. The zero-order valence-electron chi connectivity index (χ0n) is 16.7. The fourth-order valence-electron chi connectivity index (χ4n) is 3.75. The van der Waals surface area contributed by atoms with E-state index < -0.39 is 12.4 Å². The number of hydrogen-bond donors (Lipinski definition) is 0. The summed E-state index contributed by atoms with van der Waals surface area (Å²) < 4.78 is 21.5. The monoisotopic (exact) mass is 420 g/mol. The summed E-state index contributed by atoms with van der Waals surface area (Å²) >= 11 is 5.99. The van der Waals surface area contributed by atoms with Crippen LogP contribution in [0.2, 0.25) is 5.02 Å². The first-order chi connectivity index (χ1) is 14.0. The molecule has 3 atom stereocenters. The van der Waals surface area contributed by atoms with E-state index in [1.54, 1.807) is 23.5 Å². The van der Waals surface area contributed by atoms with Crippen molar-refractivity contribution in [3.63, 3.8) is 0 Å². The van der Waals surface area contributed by atoms with Crippen molar-refractivity contribution in [1.82, 2.24) is 24.9 Å². The number of likely N-dealkylation sites (N-methyl/N-ethyl adjacent to an activating group) is 1. The first-order valence-corrected chi connectivity index (χ1v) is 10.2. The molecular formula is C20H26ClFN6O. The molecular weight excluding hydrogens is 395 g/mol. The van der Waals surface area contributed by atoms with E-state index in [1.165, 1.54) is 0 Å². The van der Waals surface area contributed by atoms with E-state index in [9.17, 15) is 0 Å². The highest BCUT2D eigenvalue weighted by Gasteiger charge is 2.43. The Labute approximate surface area is 175 Å². The maximum absolute atomic E-state index is 15.5. The minimum atomic E-state index is -1.34. The molecule has 2 aromatic rings. The number of benzene rings is 1. The number of hydrogen-bond acceptors (Lipinski definition) is 7. The van der Waals surface area contributed by atoms with E-state index in [1.807, 2.05) is 43.3 Å². The summed E-state index contributed by atoms with van der Waals surface area (Å²) in [6, 6.07) is 9.56. The van der Waals surface area contributed by atoms with Gasteiger partial charge < -0.3 is 9.64 Å². The fraction of sp³-hybridized carbons (Fsp3) is 0.500. The van der Waals surface area contributed by atoms with Gasteiger partial charge in [-0.25, -0.2) is 24.4 Å². The van der Waals surface area contributed by atoms with Gasteiger partial charge in [-0.1, -0.05) is 11.6 Å². The molecule has 2 aliphatic rings. The average molecular weight is 421 g/mol. The zero-order chi connectivity index (χ0) is 20.4. The van der Waals surface area contributed by atoms with Crippen molar-refractivity contribution >= 4 is 17.3 Å². The lowest BCUT2D eigenvalue weighted by Crippen LogP contribution is -2.63. The van der Waals surface area contributed by atoms with Crippen LogP contribution in [-0.4, -0.2) is 84.2 Å². The van der Waals surface area contributed by atoms with Crippen LogP contribution >= 0.6 is 11.6 Å². The lowest BCUT2D eigenvalue weighted by atomic mass is 10.2. The van der Waals surface area contributed by atoms with Gasteiger partial charge in [-0.3, -0.25) is 4.90 Å². The van der Waals surface area contributed by atoms with Gasteiger partial charge in [0.25, 0.3) is 0 Å². The summed E-state index contributed by atoms with van der Waals surface area (Å²) in [6.45, 7) is 3.53. The fourth-order valence-corrected chi connectivity index (χ4v) is 3.88. The lowest BCUT2D eigenvalue weighted by Gasteiger charge is -2.49. The van der Waals surface area contributed by atoms with Gasteiger partial charge in [0.2, 0.25) is 0 Å². The van der Waals surface area contributed by atoms with Gasteiger partial charge >= 0.3 is 0 Å². The largest absolute Gasteiger partial charge is 0.369 e. The molecule has 1 aromatic carbocycles. The molecule has 4 rings (SSSR count). The molecule has 1 aromatic heterocycles. The van der Waals surface area contributed by atoms with E-state index in [2.05, 4.69) is 19.9 Å². The first-order valence-electron chi connectivity index (χ1n) is 9.78. The molecule has 3 unspecified atom stereocenters. The SMILES string of the molecule is CN(C)C1CN(N2CCN(c3ccc(Cl)cc3)CC2)C(F)C(c2ncccn2)O1. The lowest BCUT2D eigenvalue weighted by molar-refractivity contribution is -0.257. The molecule has 0 spiro atoms. The number of rotatable bonds is 4. The number of alkyl halides is 1. The van der Waals surface area contributed by atoms with Crippen LogP contribution in [0.15, 0.2) is 42.7 Å². The number of nitrogens with zero attached hydrogens (tertiary/aromatic N) is 6. The summed E-state index contributed by atoms with van der Waals surface area (Å²) in [7, 11) is 3.87. The maximum Gasteiger partial charge on any atom is 0.200 e. The highest BCUT2D eigenvalue weighted by Crippen LogP contribution is 2.32. The highest BCUT2D eigenvalue weighted by molar-refractivity contribution is 6.30. The third-order valence-corrected chi connectivity index (χ3v) is 5.66. The van der Waals surface area contributed by atoms with Crippen LogP contribution in [0.4, 0.5) is 10.1 Å². The van der Waals surface area contributed by atoms with Gasteiger partial charge in [0.15, 0.2) is 18.2 Å². The average Bonchev–Trinajstić information content (AvgIpc) is 2.75. The summed E-state index contributed by atoms with van der Waals surface area (Å²) in [6.07, 6.45) is 0.826. The van der Waals surface area contributed by atoms with E-state index in [0.29, 0.717) is 12.4 Å². The van der Waals surface area contributed by atoms with Crippen molar-refractivity contribution in [3.8, 4) is 0 Å². The van der Waals surface area contributed by atoms with Crippen LogP contribution in [0.3, 0.4) is 0 Å². The van der Waals surface area contributed by atoms with Crippen molar-refractivity contribution < 1.29 is 9.13 Å². The smallest absolute Gasteiger partial charge is 0.200 e. The van der Waals surface area contributed by atoms with Gasteiger partial charge in [0, 0.05) is 49.3 Å². The van der Waals surface area contributed by atoms with Crippen molar-refractivity contribution in [2.45, 2.75) is 18.6 Å². The van der Waals surface area contributed by atoms with Crippen molar-refractivity contribution in [2.75, 3.05) is 51.7 Å². The molecule has 0 amide bonds. The predicted molar refractivity (Wildman–Crippen MR) is 110 cm³/mol. The standard InChI is InChI=1S/C20H26ClFN6O/c1-25(2)17-14-28(19(22)18(29-17)20-23-8-3-9-24-20)27-12-10-26(11-13-27)16-6-4-15(21)5-7-16/h3-9,17-19H,10-14H2,1-2H3. The van der Waals surface area contributed by atoms with Crippen LogP contribution in [0.25, 0.3) is 0 Å². The molecule has 7 nitrogen and oxygen atoms in total.